The van der Waals surface area contributed by atoms with Crippen LogP contribution in [-0.4, -0.2) is 77.1 Å². The van der Waals surface area contributed by atoms with Gasteiger partial charge in [0.1, 0.15) is 0 Å². The number of likely N-dealkylation sites (tertiary alicyclic amines) is 1. The molecule has 0 aromatic carbocycles. The normalized spacial score (nSPS) is 28.7. The maximum absolute atomic E-state index is 11.7. The van der Waals surface area contributed by atoms with E-state index in [9.17, 15) is 15.0 Å². The summed E-state index contributed by atoms with van der Waals surface area (Å²) in [6.45, 7) is 3.77. The maximum atomic E-state index is 11.7. The van der Waals surface area contributed by atoms with Crippen LogP contribution in [0.3, 0.4) is 0 Å². The van der Waals surface area contributed by atoms with Gasteiger partial charge in [0.25, 0.3) is 0 Å². The first kappa shape index (κ1) is 17.5. The lowest BCUT2D eigenvalue weighted by Crippen LogP contribution is -2.55. The highest BCUT2D eigenvalue weighted by Gasteiger charge is 2.37. The zero-order valence-corrected chi connectivity index (χ0v) is 13.8. The number of carbonyl (C=O) groups is 1. The third-order valence-corrected chi connectivity index (χ3v) is 5.02. The van der Waals surface area contributed by atoms with E-state index in [0.717, 1.165) is 25.7 Å². The third-order valence-electron chi connectivity index (χ3n) is 5.02. The van der Waals surface area contributed by atoms with Crippen molar-refractivity contribution in [1.29, 1.82) is 0 Å². The van der Waals surface area contributed by atoms with Crippen molar-refractivity contribution in [3.63, 3.8) is 0 Å². The van der Waals surface area contributed by atoms with Crippen LogP contribution in [0.25, 0.3) is 0 Å². The number of likely N-dealkylation sites (N-methyl/N-ethyl adjacent to an activating group) is 1. The second-order valence-electron chi connectivity index (χ2n) is 6.74. The van der Waals surface area contributed by atoms with Crippen LogP contribution < -0.4 is 0 Å². The monoisotopic (exact) mass is 314 g/mol. The molecule has 0 bridgehead atoms. The highest BCUT2D eigenvalue weighted by molar-refractivity contribution is 5.67. The van der Waals surface area contributed by atoms with Gasteiger partial charge in [0, 0.05) is 25.7 Å². The average Bonchev–Trinajstić information content (AvgIpc) is 2.48. The van der Waals surface area contributed by atoms with E-state index in [1.807, 2.05) is 7.05 Å². The number of hydrogen-bond acceptors (Lipinski definition) is 5. The maximum Gasteiger partial charge on any atom is 0.409 e. The second-order valence-corrected chi connectivity index (χ2v) is 6.74. The number of nitrogens with zero attached hydrogens (tertiary/aromatic N) is 2. The summed E-state index contributed by atoms with van der Waals surface area (Å²) < 4.78 is 5.00. The first-order valence-corrected chi connectivity index (χ1v) is 8.47. The van der Waals surface area contributed by atoms with Crippen LogP contribution in [0.15, 0.2) is 0 Å². The van der Waals surface area contributed by atoms with Crippen molar-refractivity contribution < 1.29 is 19.7 Å². The van der Waals surface area contributed by atoms with Gasteiger partial charge in [0.15, 0.2) is 0 Å². The van der Waals surface area contributed by atoms with Gasteiger partial charge in [-0.05, 0) is 39.7 Å². The molecule has 1 aliphatic carbocycles. The van der Waals surface area contributed by atoms with Gasteiger partial charge in [-0.25, -0.2) is 4.79 Å². The Balaban J connectivity index is 1.83. The Morgan fingerprint density at radius 3 is 2.55 bits per heavy atom. The minimum atomic E-state index is -0.783. The van der Waals surface area contributed by atoms with Crippen molar-refractivity contribution >= 4 is 6.09 Å². The Morgan fingerprint density at radius 1 is 1.32 bits per heavy atom. The number of amides is 1. The Hall–Kier alpha value is -0.850. The SMILES string of the molecule is CCOC(=O)N1CCC(O)(CN(C)[C@H]2CCCC[C@@H]2O)CC1. The lowest BCUT2D eigenvalue weighted by molar-refractivity contribution is -0.0622. The average molecular weight is 314 g/mol. The van der Waals surface area contributed by atoms with E-state index in [1.54, 1.807) is 11.8 Å². The molecule has 1 saturated heterocycles. The largest absolute Gasteiger partial charge is 0.450 e. The zero-order chi connectivity index (χ0) is 16.2. The summed E-state index contributed by atoms with van der Waals surface area (Å²) in [6.07, 6.45) is 4.60. The number of ether oxygens (including phenoxy) is 1. The number of aliphatic hydroxyl groups excluding tert-OH is 1. The smallest absolute Gasteiger partial charge is 0.409 e. The van der Waals surface area contributed by atoms with Crippen molar-refractivity contribution in [2.75, 3.05) is 33.3 Å². The molecule has 0 spiro atoms. The number of piperidine rings is 1. The molecule has 2 fully saturated rings. The minimum absolute atomic E-state index is 0.140. The topological polar surface area (TPSA) is 73.2 Å². The number of carbonyl (C=O) groups excluding carboxylic acids is 1. The van der Waals surface area contributed by atoms with Crippen LogP contribution in [0.1, 0.15) is 45.4 Å². The van der Waals surface area contributed by atoms with Crippen molar-refractivity contribution in [3.8, 4) is 0 Å². The molecule has 2 N–H and O–H groups in total. The number of rotatable bonds is 4. The summed E-state index contributed by atoms with van der Waals surface area (Å²) in [7, 11) is 1.98. The molecule has 1 saturated carbocycles. The molecule has 2 aliphatic rings. The summed E-state index contributed by atoms with van der Waals surface area (Å²) in [5, 5.41) is 20.9. The molecule has 22 heavy (non-hydrogen) atoms. The highest BCUT2D eigenvalue weighted by Crippen LogP contribution is 2.28. The third kappa shape index (κ3) is 4.33. The Labute approximate surface area is 133 Å². The van der Waals surface area contributed by atoms with Gasteiger partial charge in [0.2, 0.25) is 0 Å². The molecule has 6 nitrogen and oxygen atoms in total. The van der Waals surface area contributed by atoms with Crippen LogP contribution in [-0.2, 0) is 4.74 Å². The highest BCUT2D eigenvalue weighted by atomic mass is 16.6. The fourth-order valence-corrected chi connectivity index (χ4v) is 3.67. The molecule has 1 amide bonds. The van der Waals surface area contributed by atoms with E-state index in [1.165, 1.54) is 0 Å². The molecule has 0 radical (unpaired) electrons. The minimum Gasteiger partial charge on any atom is -0.450 e. The van der Waals surface area contributed by atoms with E-state index in [4.69, 9.17) is 4.74 Å². The predicted octanol–water partition coefficient (Wildman–Crippen LogP) is 1.21. The fourth-order valence-electron chi connectivity index (χ4n) is 3.67. The van der Waals surface area contributed by atoms with Crippen molar-refractivity contribution in [1.82, 2.24) is 9.80 Å². The van der Waals surface area contributed by atoms with E-state index < -0.39 is 5.60 Å². The fraction of sp³-hybridized carbons (Fsp3) is 0.938. The van der Waals surface area contributed by atoms with Crippen molar-refractivity contribution in [2.45, 2.75) is 63.2 Å². The van der Waals surface area contributed by atoms with Crippen LogP contribution in [0, 0.1) is 0 Å². The van der Waals surface area contributed by atoms with Crippen molar-refractivity contribution in [3.05, 3.63) is 0 Å². The first-order chi connectivity index (χ1) is 10.4. The Bertz CT molecular complexity index is 369. The van der Waals surface area contributed by atoms with Gasteiger partial charge in [-0.15, -0.1) is 0 Å². The molecule has 6 heteroatoms. The molecule has 0 unspecified atom stereocenters. The summed E-state index contributed by atoms with van der Waals surface area (Å²) in [5.41, 5.74) is -0.783. The summed E-state index contributed by atoms with van der Waals surface area (Å²) in [6, 6.07) is 0.140. The summed E-state index contributed by atoms with van der Waals surface area (Å²) in [4.78, 5) is 15.5. The zero-order valence-electron chi connectivity index (χ0n) is 13.8. The molecule has 2 rings (SSSR count). The predicted molar refractivity (Wildman–Crippen MR) is 83.7 cm³/mol. The van der Waals surface area contributed by atoms with E-state index in [2.05, 4.69) is 4.90 Å². The van der Waals surface area contributed by atoms with Gasteiger partial charge in [-0.3, -0.25) is 4.90 Å². The molecule has 128 valence electrons. The van der Waals surface area contributed by atoms with E-state index in [-0.39, 0.29) is 18.2 Å². The molecule has 0 aromatic heterocycles. The Kier molecular flexibility index (Phi) is 6.06. The molecule has 1 aliphatic heterocycles. The van der Waals surface area contributed by atoms with E-state index in [0.29, 0.717) is 39.1 Å². The van der Waals surface area contributed by atoms with Gasteiger partial charge < -0.3 is 19.8 Å². The molecule has 2 atom stereocenters. The first-order valence-electron chi connectivity index (χ1n) is 8.47. The van der Waals surface area contributed by atoms with Gasteiger partial charge in [-0.1, -0.05) is 12.8 Å². The summed E-state index contributed by atoms with van der Waals surface area (Å²) >= 11 is 0. The van der Waals surface area contributed by atoms with Crippen LogP contribution >= 0.6 is 0 Å². The quantitative estimate of drug-likeness (QED) is 0.816. The number of hydrogen-bond donors (Lipinski definition) is 2. The Morgan fingerprint density at radius 2 is 1.95 bits per heavy atom. The van der Waals surface area contributed by atoms with Crippen molar-refractivity contribution in [2.24, 2.45) is 0 Å². The number of aliphatic hydroxyl groups is 2. The van der Waals surface area contributed by atoms with Crippen LogP contribution in [0.5, 0.6) is 0 Å². The molecular weight excluding hydrogens is 284 g/mol. The van der Waals surface area contributed by atoms with Crippen LogP contribution in [0.2, 0.25) is 0 Å². The molecular formula is C16H30N2O4. The van der Waals surface area contributed by atoms with E-state index >= 15 is 0 Å². The lowest BCUT2D eigenvalue weighted by atomic mass is 9.87. The second kappa shape index (κ2) is 7.62. The molecule has 0 aromatic rings. The standard InChI is InChI=1S/C16H30N2O4/c1-3-22-15(20)18-10-8-16(21,9-11-18)12-17(2)13-6-4-5-7-14(13)19/h13-14,19,21H,3-12H2,1-2H3/t13-,14-/m0/s1. The lowest BCUT2D eigenvalue weighted by Gasteiger charge is -2.43. The van der Waals surface area contributed by atoms with Gasteiger partial charge in [-0.2, -0.15) is 0 Å². The molecule has 1 heterocycles. The van der Waals surface area contributed by atoms with Crippen LogP contribution in [0.4, 0.5) is 4.79 Å². The van der Waals surface area contributed by atoms with Gasteiger partial charge in [0.05, 0.1) is 18.3 Å². The summed E-state index contributed by atoms with van der Waals surface area (Å²) in [5.74, 6) is 0. The van der Waals surface area contributed by atoms with Gasteiger partial charge >= 0.3 is 6.09 Å².